The van der Waals surface area contributed by atoms with E-state index in [0.29, 0.717) is 0 Å². The molecule has 2 nitrogen and oxygen atoms in total. The van der Waals surface area contributed by atoms with Gasteiger partial charge >= 0.3 is 0 Å². The minimum absolute atomic E-state index is 0. The van der Waals surface area contributed by atoms with Gasteiger partial charge in [0.2, 0.25) is 0 Å². The number of hydrogen-bond donors (Lipinski definition) is 1. The highest BCUT2D eigenvalue weighted by Gasteiger charge is 2.01. The Morgan fingerprint density at radius 3 is 2.75 bits per heavy atom. The molecule has 3 heteroatoms. The molecule has 2 rings (SSSR count). The van der Waals surface area contributed by atoms with Gasteiger partial charge < -0.3 is 4.98 Å². The van der Waals surface area contributed by atoms with Crippen LogP contribution in [0.2, 0.25) is 0 Å². The number of nitrogens with zero attached hydrogens (tertiary/aromatic N) is 1. The van der Waals surface area contributed by atoms with Crippen LogP contribution in [0.4, 0.5) is 0 Å². The summed E-state index contributed by atoms with van der Waals surface area (Å²) < 4.78 is 0. The molecule has 0 radical (unpaired) electrons. The number of pyridine rings is 1. The molecule has 0 fully saturated rings. The van der Waals surface area contributed by atoms with Gasteiger partial charge in [0.1, 0.15) is 0 Å². The van der Waals surface area contributed by atoms with Crippen LogP contribution in [-0.2, 0) is 0 Å². The molecule has 0 spiro atoms. The average Bonchev–Trinajstić information content (AvgIpc) is 2.30. The largest absolute Gasteiger partial charge is 0.358 e. The van der Waals surface area contributed by atoms with Crippen LogP contribution in [0.25, 0.3) is 10.9 Å². The maximum atomic E-state index is 4.07. The van der Waals surface area contributed by atoms with Crippen molar-refractivity contribution in [3.8, 4) is 0 Å². The van der Waals surface area contributed by atoms with E-state index in [4.69, 9.17) is 0 Å². The number of hydrogen-bond acceptors (Lipinski definition) is 1. The van der Waals surface area contributed by atoms with Gasteiger partial charge in [-0.3, -0.25) is 4.98 Å². The van der Waals surface area contributed by atoms with Crippen molar-refractivity contribution >= 4 is 23.3 Å². The van der Waals surface area contributed by atoms with E-state index in [1.807, 2.05) is 12.3 Å². The molecule has 0 amide bonds. The number of aromatic nitrogens is 2. The van der Waals surface area contributed by atoms with Gasteiger partial charge in [-0.2, -0.15) is 0 Å². The van der Waals surface area contributed by atoms with Crippen molar-refractivity contribution in [2.75, 3.05) is 0 Å². The number of aromatic amines is 1. The second-order valence-corrected chi connectivity index (χ2v) is 2.80. The first-order chi connectivity index (χ1) is 5.29. The molecule has 0 atom stereocenters. The van der Waals surface area contributed by atoms with Crippen LogP contribution in [0.15, 0.2) is 18.5 Å². The molecule has 2 aromatic rings. The predicted molar refractivity (Wildman–Crippen MR) is 52.8 cm³/mol. The van der Waals surface area contributed by atoms with E-state index >= 15 is 0 Å². The summed E-state index contributed by atoms with van der Waals surface area (Å²) in [4.78, 5) is 7.35. The molecule has 0 saturated carbocycles. The summed E-state index contributed by atoms with van der Waals surface area (Å²) in [5, 5.41) is 1.23. The lowest BCUT2D eigenvalue weighted by molar-refractivity contribution is 1.25. The molecule has 64 valence electrons. The lowest BCUT2D eigenvalue weighted by Gasteiger charge is -1.87. The Bertz CT molecular complexity index is 392. The number of H-pyrrole nitrogens is 1. The van der Waals surface area contributed by atoms with Crippen molar-refractivity contribution in [3.63, 3.8) is 0 Å². The second kappa shape index (κ2) is 3.15. The van der Waals surface area contributed by atoms with E-state index < -0.39 is 0 Å². The van der Waals surface area contributed by atoms with Crippen LogP contribution < -0.4 is 0 Å². The molecule has 0 aliphatic carbocycles. The van der Waals surface area contributed by atoms with Gasteiger partial charge in [-0.05, 0) is 25.5 Å². The first kappa shape index (κ1) is 9.07. The maximum absolute atomic E-state index is 4.07. The molecule has 2 aromatic heterocycles. The quantitative estimate of drug-likeness (QED) is 0.667. The van der Waals surface area contributed by atoms with Gasteiger partial charge in [0, 0.05) is 29.0 Å². The first-order valence-corrected chi connectivity index (χ1v) is 3.68. The topological polar surface area (TPSA) is 28.7 Å². The Labute approximate surface area is 77.4 Å². The fourth-order valence-electron chi connectivity index (χ4n) is 1.30. The summed E-state index contributed by atoms with van der Waals surface area (Å²) in [5.74, 6) is 0. The number of aryl methyl sites for hydroxylation is 2. The summed E-state index contributed by atoms with van der Waals surface area (Å²) in [7, 11) is 0. The lowest BCUT2D eigenvalue weighted by Crippen LogP contribution is -1.71. The lowest BCUT2D eigenvalue weighted by atomic mass is 10.2. The third-order valence-electron chi connectivity index (χ3n) is 2.11. The zero-order valence-corrected chi connectivity index (χ0v) is 7.90. The summed E-state index contributed by atoms with van der Waals surface area (Å²) in [5.41, 5.74) is 3.70. The first-order valence-electron chi connectivity index (χ1n) is 3.68. The molecule has 0 aromatic carbocycles. The minimum atomic E-state index is 0. The Kier molecular flexibility index (Phi) is 2.38. The highest BCUT2D eigenvalue weighted by Crippen LogP contribution is 2.18. The Balaban J connectivity index is 0.000000720. The third kappa shape index (κ3) is 1.18. The molecule has 0 aliphatic heterocycles. The van der Waals surface area contributed by atoms with E-state index in [9.17, 15) is 0 Å². The van der Waals surface area contributed by atoms with Crippen molar-refractivity contribution in [1.82, 2.24) is 9.97 Å². The highest BCUT2D eigenvalue weighted by atomic mass is 35.5. The number of fused-ring (bicyclic) bond motifs is 1. The van der Waals surface area contributed by atoms with Crippen molar-refractivity contribution < 1.29 is 0 Å². The minimum Gasteiger partial charge on any atom is -0.358 e. The van der Waals surface area contributed by atoms with Crippen molar-refractivity contribution in [3.05, 3.63) is 29.7 Å². The second-order valence-electron chi connectivity index (χ2n) is 2.80. The SMILES string of the molecule is Cc1[nH]c2ccncc2c1C.Cl. The zero-order chi connectivity index (χ0) is 7.84. The Hall–Kier alpha value is -1.02. The van der Waals surface area contributed by atoms with Gasteiger partial charge in [0.15, 0.2) is 0 Å². The molecule has 2 heterocycles. The zero-order valence-electron chi connectivity index (χ0n) is 7.09. The smallest absolute Gasteiger partial charge is 0.0489 e. The van der Waals surface area contributed by atoms with E-state index in [0.717, 1.165) is 0 Å². The molecule has 1 N–H and O–H groups in total. The molecule has 0 bridgehead atoms. The molecule has 0 saturated heterocycles. The van der Waals surface area contributed by atoms with Crippen molar-refractivity contribution in [2.45, 2.75) is 13.8 Å². The average molecular weight is 183 g/mol. The standard InChI is InChI=1S/C9H10N2.ClH/c1-6-7(2)11-9-3-4-10-5-8(6)9;/h3-5,11H,1-2H3;1H. The Morgan fingerprint density at radius 1 is 1.33 bits per heavy atom. The summed E-state index contributed by atoms with van der Waals surface area (Å²) in [6.45, 7) is 4.19. The van der Waals surface area contributed by atoms with Gasteiger partial charge in [0.05, 0.1) is 0 Å². The van der Waals surface area contributed by atoms with Gasteiger partial charge in [-0.15, -0.1) is 12.4 Å². The fourth-order valence-corrected chi connectivity index (χ4v) is 1.30. The van der Waals surface area contributed by atoms with Crippen LogP contribution in [0.3, 0.4) is 0 Å². The van der Waals surface area contributed by atoms with E-state index in [-0.39, 0.29) is 12.4 Å². The van der Waals surface area contributed by atoms with Crippen LogP contribution in [-0.4, -0.2) is 9.97 Å². The summed E-state index contributed by atoms with van der Waals surface area (Å²) >= 11 is 0. The van der Waals surface area contributed by atoms with Crippen LogP contribution >= 0.6 is 12.4 Å². The third-order valence-corrected chi connectivity index (χ3v) is 2.11. The molecule has 0 aliphatic rings. The monoisotopic (exact) mass is 182 g/mol. The number of rotatable bonds is 0. The summed E-state index contributed by atoms with van der Waals surface area (Å²) in [6, 6.07) is 2.00. The van der Waals surface area contributed by atoms with Gasteiger partial charge in [0.25, 0.3) is 0 Å². The Morgan fingerprint density at radius 2 is 2.08 bits per heavy atom. The van der Waals surface area contributed by atoms with Crippen LogP contribution in [0.5, 0.6) is 0 Å². The summed E-state index contributed by atoms with van der Waals surface area (Å²) in [6.07, 6.45) is 3.70. The van der Waals surface area contributed by atoms with Gasteiger partial charge in [-0.25, -0.2) is 0 Å². The van der Waals surface area contributed by atoms with Gasteiger partial charge in [-0.1, -0.05) is 0 Å². The molecule has 12 heavy (non-hydrogen) atoms. The van der Waals surface area contributed by atoms with Crippen molar-refractivity contribution in [1.29, 1.82) is 0 Å². The highest BCUT2D eigenvalue weighted by molar-refractivity contribution is 5.85. The normalized spacial score (nSPS) is 9.83. The molecular formula is C9H11ClN2. The molecular weight excluding hydrogens is 172 g/mol. The fraction of sp³-hybridized carbons (Fsp3) is 0.222. The molecule has 0 unspecified atom stereocenters. The van der Waals surface area contributed by atoms with Crippen molar-refractivity contribution in [2.24, 2.45) is 0 Å². The predicted octanol–water partition coefficient (Wildman–Crippen LogP) is 2.60. The maximum Gasteiger partial charge on any atom is 0.0489 e. The van der Waals surface area contributed by atoms with Crippen LogP contribution in [0.1, 0.15) is 11.3 Å². The van der Waals surface area contributed by atoms with E-state index in [2.05, 4.69) is 23.8 Å². The number of nitrogens with one attached hydrogen (secondary N) is 1. The van der Waals surface area contributed by atoms with E-state index in [1.165, 1.54) is 22.2 Å². The van der Waals surface area contributed by atoms with E-state index in [1.54, 1.807) is 6.20 Å². The van der Waals surface area contributed by atoms with Crippen LogP contribution in [0, 0.1) is 13.8 Å². The number of halogens is 1.